The lowest BCUT2D eigenvalue weighted by Gasteiger charge is -2.10. The number of aromatic nitrogens is 1. The van der Waals surface area contributed by atoms with Crippen molar-refractivity contribution in [2.45, 2.75) is 6.92 Å². The highest BCUT2D eigenvalue weighted by atomic mass is 32.1. The zero-order valence-electron chi connectivity index (χ0n) is 17.7. The van der Waals surface area contributed by atoms with Crippen LogP contribution in [0.1, 0.15) is 25.7 Å². The van der Waals surface area contributed by atoms with E-state index in [1.807, 2.05) is 30.3 Å². The summed E-state index contributed by atoms with van der Waals surface area (Å²) < 4.78 is 10.3. The van der Waals surface area contributed by atoms with Gasteiger partial charge in [-0.15, -0.1) is 11.3 Å². The number of nitrogens with one attached hydrogen (secondary N) is 3. The first-order chi connectivity index (χ1) is 15.4. The number of carbonyl (C=O) groups excluding carboxylic acids is 3. The molecular weight excluding hydrogens is 432 g/mol. The second-order valence-electron chi connectivity index (χ2n) is 6.55. The molecule has 9 nitrogen and oxygen atoms in total. The lowest BCUT2D eigenvalue weighted by molar-refractivity contribution is -0.120. The Bertz CT molecular complexity index is 1130. The van der Waals surface area contributed by atoms with Crippen LogP contribution in [-0.4, -0.2) is 43.5 Å². The molecule has 0 unspecified atom stereocenters. The Morgan fingerprint density at radius 1 is 0.938 bits per heavy atom. The molecule has 0 aliphatic rings. The van der Waals surface area contributed by atoms with Crippen molar-refractivity contribution in [3.8, 4) is 22.1 Å². The minimum absolute atomic E-state index is 0.299. The molecule has 1 aromatic heterocycles. The molecule has 0 spiro atoms. The van der Waals surface area contributed by atoms with Gasteiger partial charge in [0.05, 0.1) is 26.5 Å². The van der Waals surface area contributed by atoms with Gasteiger partial charge in [0.15, 0.2) is 11.5 Å². The van der Waals surface area contributed by atoms with Gasteiger partial charge in [0.25, 0.3) is 17.7 Å². The molecule has 3 amide bonds. The third-order valence-electron chi connectivity index (χ3n) is 4.39. The van der Waals surface area contributed by atoms with Crippen molar-refractivity contribution >= 4 is 29.1 Å². The number of nitrogens with zero attached hydrogens (tertiary/aromatic N) is 1. The highest BCUT2D eigenvalue weighted by Gasteiger charge is 2.17. The lowest BCUT2D eigenvalue weighted by Crippen LogP contribution is -2.46. The van der Waals surface area contributed by atoms with Crippen LogP contribution in [0.4, 0.5) is 0 Å². The van der Waals surface area contributed by atoms with Gasteiger partial charge in [-0.3, -0.25) is 25.2 Å². The summed E-state index contributed by atoms with van der Waals surface area (Å²) in [6.07, 6.45) is 0. The summed E-state index contributed by atoms with van der Waals surface area (Å²) in [6, 6.07) is 14.1. The van der Waals surface area contributed by atoms with Gasteiger partial charge < -0.3 is 14.8 Å². The molecule has 3 rings (SSSR count). The van der Waals surface area contributed by atoms with E-state index in [2.05, 4.69) is 21.2 Å². The van der Waals surface area contributed by atoms with E-state index in [0.29, 0.717) is 32.6 Å². The summed E-state index contributed by atoms with van der Waals surface area (Å²) in [5.74, 6) is -0.664. The Labute approximate surface area is 188 Å². The van der Waals surface area contributed by atoms with Crippen molar-refractivity contribution in [2.75, 3.05) is 20.8 Å². The zero-order chi connectivity index (χ0) is 23.1. The number of aryl methyl sites for hydroxylation is 1. The fourth-order valence-electron chi connectivity index (χ4n) is 2.78. The van der Waals surface area contributed by atoms with Gasteiger partial charge >= 0.3 is 0 Å². The van der Waals surface area contributed by atoms with E-state index in [1.54, 1.807) is 19.1 Å². The number of rotatable bonds is 7. The van der Waals surface area contributed by atoms with E-state index >= 15 is 0 Å². The second-order valence-corrected chi connectivity index (χ2v) is 7.55. The van der Waals surface area contributed by atoms with Crippen LogP contribution in [0.25, 0.3) is 10.6 Å². The predicted molar refractivity (Wildman–Crippen MR) is 120 cm³/mol. The number of ether oxygens (including phenoxy) is 2. The standard InChI is InChI=1S/C22H22N4O5S/c1-13-19(32-22(24-13)14-7-5-4-6-8-14)21(29)26-25-18(27)12-23-20(28)15-9-10-16(30-2)17(11-15)31-3/h4-11H,12H2,1-3H3,(H,23,28)(H,25,27)(H,26,29). The number of thiazole rings is 1. The fraction of sp³-hybridized carbons (Fsp3) is 0.182. The summed E-state index contributed by atoms with van der Waals surface area (Å²) >= 11 is 1.23. The van der Waals surface area contributed by atoms with Gasteiger partial charge in [-0.05, 0) is 25.1 Å². The van der Waals surface area contributed by atoms with Crippen molar-refractivity contribution in [3.63, 3.8) is 0 Å². The molecule has 0 saturated heterocycles. The van der Waals surface area contributed by atoms with Crippen LogP contribution in [0.15, 0.2) is 48.5 Å². The first-order valence-electron chi connectivity index (χ1n) is 9.55. The van der Waals surface area contributed by atoms with E-state index in [1.165, 1.54) is 31.6 Å². The molecule has 0 aliphatic heterocycles. The average molecular weight is 455 g/mol. The van der Waals surface area contributed by atoms with Crippen LogP contribution in [0, 0.1) is 6.92 Å². The summed E-state index contributed by atoms with van der Waals surface area (Å²) in [5.41, 5.74) is 6.39. The van der Waals surface area contributed by atoms with Crippen LogP contribution >= 0.6 is 11.3 Å². The third-order valence-corrected chi connectivity index (χ3v) is 5.60. The molecule has 3 aromatic rings. The lowest BCUT2D eigenvalue weighted by atomic mass is 10.2. The number of hydrogen-bond acceptors (Lipinski definition) is 7. The van der Waals surface area contributed by atoms with Crippen LogP contribution in [0.2, 0.25) is 0 Å². The minimum Gasteiger partial charge on any atom is -0.493 e. The molecule has 32 heavy (non-hydrogen) atoms. The molecule has 3 N–H and O–H groups in total. The van der Waals surface area contributed by atoms with Crippen molar-refractivity contribution in [1.82, 2.24) is 21.2 Å². The van der Waals surface area contributed by atoms with Gasteiger partial charge in [-0.2, -0.15) is 0 Å². The van der Waals surface area contributed by atoms with E-state index < -0.39 is 17.7 Å². The van der Waals surface area contributed by atoms with Crippen molar-refractivity contribution in [2.24, 2.45) is 0 Å². The average Bonchev–Trinajstić information content (AvgIpc) is 3.22. The fourth-order valence-corrected chi connectivity index (χ4v) is 3.75. The second kappa shape index (κ2) is 10.4. The first-order valence-corrected chi connectivity index (χ1v) is 10.4. The van der Waals surface area contributed by atoms with Gasteiger partial charge in [-0.1, -0.05) is 30.3 Å². The molecule has 1 heterocycles. The Balaban J connectivity index is 1.52. The number of hydrogen-bond donors (Lipinski definition) is 3. The van der Waals surface area contributed by atoms with Crippen molar-refractivity contribution in [3.05, 3.63) is 64.7 Å². The highest BCUT2D eigenvalue weighted by Crippen LogP contribution is 2.28. The van der Waals surface area contributed by atoms with Crippen LogP contribution in [0.3, 0.4) is 0 Å². The minimum atomic E-state index is -0.586. The largest absolute Gasteiger partial charge is 0.493 e. The molecule has 2 aromatic carbocycles. The molecule has 166 valence electrons. The topological polar surface area (TPSA) is 119 Å². The Morgan fingerprint density at radius 2 is 1.66 bits per heavy atom. The maximum Gasteiger partial charge on any atom is 0.281 e. The molecule has 0 atom stereocenters. The van der Waals surface area contributed by atoms with Gasteiger partial charge in [0, 0.05) is 11.1 Å². The molecule has 0 fully saturated rings. The highest BCUT2D eigenvalue weighted by molar-refractivity contribution is 7.17. The Kier molecular flexibility index (Phi) is 7.40. The monoisotopic (exact) mass is 454 g/mol. The Morgan fingerprint density at radius 3 is 2.34 bits per heavy atom. The molecule has 0 bridgehead atoms. The van der Waals surface area contributed by atoms with Gasteiger partial charge in [-0.25, -0.2) is 4.98 Å². The Hall–Kier alpha value is -3.92. The van der Waals surface area contributed by atoms with Crippen LogP contribution in [0.5, 0.6) is 11.5 Å². The van der Waals surface area contributed by atoms with Crippen molar-refractivity contribution in [1.29, 1.82) is 0 Å². The normalized spacial score (nSPS) is 10.2. The van der Waals surface area contributed by atoms with Crippen LogP contribution < -0.4 is 25.6 Å². The number of benzene rings is 2. The number of methoxy groups -OCH3 is 2. The summed E-state index contributed by atoms with van der Waals surface area (Å²) in [4.78, 5) is 41.6. The molecular formula is C22H22N4O5S. The van der Waals surface area contributed by atoms with E-state index in [4.69, 9.17) is 9.47 Å². The maximum atomic E-state index is 12.4. The molecule has 10 heteroatoms. The summed E-state index contributed by atoms with van der Waals surface area (Å²) in [7, 11) is 2.95. The first kappa shape index (κ1) is 22.8. The third kappa shape index (κ3) is 5.41. The zero-order valence-corrected chi connectivity index (χ0v) is 18.5. The maximum absolute atomic E-state index is 12.4. The van der Waals surface area contributed by atoms with Gasteiger partial charge in [0.1, 0.15) is 9.88 Å². The summed E-state index contributed by atoms with van der Waals surface area (Å²) in [5, 5.41) is 3.19. The SMILES string of the molecule is COc1ccc(C(=O)NCC(=O)NNC(=O)c2sc(-c3ccccc3)nc2C)cc1OC. The van der Waals surface area contributed by atoms with Crippen molar-refractivity contribution < 1.29 is 23.9 Å². The smallest absolute Gasteiger partial charge is 0.281 e. The van der Waals surface area contributed by atoms with E-state index in [9.17, 15) is 14.4 Å². The molecule has 0 saturated carbocycles. The van der Waals surface area contributed by atoms with Gasteiger partial charge in [0.2, 0.25) is 0 Å². The number of hydrazine groups is 1. The number of carbonyl (C=O) groups is 3. The quantitative estimate of drug-likeness (QED) is 0.472. The molecule has 0 radical (unpaired) electrons. The van der Waals surface area contributed by atoms with Crippen LogP contribution in [-0.2, 0) is 4.79 Å². The summed E-state index contributed by atoms with van der Waals surface area (Å²) in [6.45, 7) is 1.40. The predicted octanol–water partition coefficient (Wildman–Crippen LogP) is 2.33. The number of amides is 3. The van der Waals surface area contributed by atoms with E-state index in [0.717, 1.165) is 5.56 Å². The van der Waals surface area contributed by atoms with E-state index in [-0.39, 0.29) is 6.54 Å². The molecule has 0 aliphatic carbocycles.